The molecule has 0 bridgehead atoms. The standard InChI is InChI=1S/C21H18N4O/c26-21(23-12-10-16-5-2-1-3-6-16)25-15-24-19-9-8-17(13-20(19)25)18-7-4-11-22-14-18/h1-9,11,13-15H,10,12H2,(H,23,26). The number of aromatic nitrogens is 3. The summed E-state index contributed by atoms with van der Waals surface area (Å²) in [4.78, 5) is 21.0. The van der Waals surface area contributed by atoms with Crippen molar-refractivity contribution in [1.82, 2.24) is 19.9 Å². The summed E-state index contributed by atoms with van der Waals surface area (Å²) in [5.41, 5.74) is 4.78. The molecule has 1 amide bonds. The number of imidazole rings is 1. The molecule has 0 aliphatic carbocycles. The first-order chi connectivity index (χ1) is 12.8. The van der Waals surface area contributed by atoms with Crippen molar-refractivity contribution < 1.29 is 4.79 Å². The van der Waals surface area contributed by atoms with Crippen LogP contribution in [-0.2, 0) is 6.42 Å². The van der Waals surface area contributed by atoms with Crippen LogP contribution in [0.25, 0.3) is 22.2 Å². The van der Waals surface area contributed by atoms with Crippen molar-refractivity contribution >= 4 is 17.1 Å². The van der Waals surface area contributed by atoms with Crippen LogP contribution >= 0.6 is 0 Å². The van der Waals surface area contributed by atoms with Gasteiger partial charge in [0.1, 0.15) is 6.33 Å². The van der Waals surface area contributed by atoms with Crippen LogP contribution in [0.3, 0.4) is 0 Å². The third-order valence-corrected chi connectivity index (χ3v) is 4.29. The summed E-state index contributed by atoms with van der Waals surface area (Å²) in [7, 11) is 0. The minimum Gasteiger partial charge on any atom is -0.337 e. The van der Waals surface area contributed by atoms with Crippen molar-refractivity contribution in [3.05, 3.63) is 84.9 Å². The van der Waals surface area contributed by atoms with Crippen LogP contribution < -0.4 is 5.32 Å². The zero-order valence-corrected chi connectivity index (χ0v) is 14.2. The van der Waals surface area contributed by atoms with E-state index in [2.05, 4.69) is 27.4 Å². The molecule has 4 aromatic rings. The summed E-state index contributed by atoms with van der Waals surface area (Å²) in [6, 6.07) is 19.7. The Morgan fingerprint density at radius 3 is 2.69 bits per heavy atom. The van der Waals surface area contributed by atoms with Gasteiger partial charge in [0.05, 0.1) is 11.0 Å². The number of hydrogen-bond donors (Lipinski definition) is 1. The number of fused-ring (bicyclic) bond motifs is 1. The van der Waals surface area contributed by atoms with Gasteiger partial charge >= 0.3 is 6.03 Å². The molecule has 2 aromatic heterocycles. The number of hydrogen-bond acceptors (Lipinski definition) is 3. The molecule has 0 saturated carbocycles. The highest BCUT2D eigenvalue weighted by molar-refractivity contribution is 5.91. The quantitative estimate of drug-likeness (QED) is 0.612. The van der Waals surface area contributed by atoms with Crippen LogP contribution in [0.1, 0.15) is 5.56 Å². The van der Waals surface area contributed by atoms with Gasteiger partial charge in [-0.15, -0.1) is 0 Å². The lowest BCUT2D eigenvalue weighted by molar-refractivity contribution is 0.243. The summed E-state index contributed by atoms with van der Waals surface area (Å²) in [6.45, 7) is 0.574. The van der Waals surface area contributed by atoms with Gasteiger partial charge in [-0.1, -0.05) is 42.5 Å². The number of carbonyl (C=O) groups is 1. The fourth-order valence-electron chi connectivity index (χ4n) is 2.93. The van der Waals surface area contributed by atoms with Crippen molar-refractivity contribution in [1.29, 1.82) is 0 Å². The van der Waals surface area contributed by atoms with E-state index in [1.165, 1.54) is 5.56 Å². The molecule has 0 unspecified atom stereocenters. The van der Waals surface area contributed by atoms with Gasteiger partial charge in [0, 0.05) is 24.5 Å². The summed E-state index contributed by atoms with van der Waals surface area (Å²) < 4.78 is 1.56. The highest BCUT2D eigenvalue weighted by Gasteiger charge is 2.11. The van der Waals surface area contributed by atoms with E-state index in [1.807, 2.05) is 54.7 Å². The molecule has 4 rings (SSSR count). The largest absolute Gasteiger partial charge is 0.337 e. The average Bonchev–Trinajstić information content (AvgIpc) is 3.13. The highest BCUT2D eigenvalue weighted by atomic mass is 16.2. The van der Waals surface area contributed by atoms with Gasteiger partial charge in [-0.05, 0) is 35.7 Å². The fourth-order valence-corrected chi connectivity index (χ4v) is 2.93. The number of nitrogens with one attached hydrogen (secondary N) is 1. The van der Waals surface area contributed by atoms with Crippen LogP contribution in [0.2, 0.25) is 0 Å². The van der Waals surface area contributed by atoms with E-state index in [0.717, 1.165) is 28.6 Å². The number of amides is 1. The molecule has 0 aliphatic rings. The van der Waals surface area contributed by atoms with Crippen molar-refractivity contribution in [2.45, 2.75) is 6.42 Å². The molecule has 128 valence electrons. The molecule has 0 atom stereocenters. The van der Waals surface area contributed by atoms with Crippen LogP contribution in [-0.4, -0.2) is 27.1 Å². The zero-order valence-electron chi connectivity index (χ0n) is 14.2. The highest BCUT2D eigenvalue weighted by Crippen LogP contribution is 2.23. The Morgan fingerprint density at radius 1 is 1.00 bits per heavy atom. The minimum absolute atomic E-state index is 0.174. The van der Waals surface area contributed by atoms with Gasteiger partial charge in [-0.3, -0.25) is 9.55 Å². The number of carbonyl (C=O) groups excluding carboxylic acids is 1. The summed E-state index contributed by atoms with van der Waals surface area (Å²) >= 11 is 0. The maximum absolute atomic E-state index is 12.6. The van der Waals surface area contributed by atoms with Crippen LogP contribution in [0.15, 0.2) is 79.4 Å². The summed E-state index contributed by atoms with van der Waals surface area (Å²) in [5.74, 6) is 0. The first-order valence-electron chi connectivity index (χ1n) is 8.51. The SMILES string of the molecule is O=C(NCCc1ccccc1)n1cnc2ccc(-c3cccnc3)cc21. The van der Waals surface area contributed by atoms with Crippen LogP contribution in [0.5, 0.6) is 0 Å². The zero-order chi connectivity index (χ0) is 17.8. The lowest BCUT2D eigenvalue weighted by Gasteiger charge is -2.07. The number of nitrogens with zero attached hydrogens (tertiary/aromatic N) is 3. The Hall–Kier alpha value is -3.47. The van der Waals surface area contributed by atoms with E-state index in [9.17, 15) is 4.79 Å². The molecular formula is C21H18N4O. The maximum Gasteiger partial charge on any atom is 0.327 e. The van der Waals surface area contributed by atoms with Crippen LogP contribution in [0, 0.1) is 0 Å². The Balaban J connectivity index is 1.53. The number of benzene rings is 2. The van der Waals surface area contributed by atoms with Crippen LogP contribution in [0.4, 0.5) is 4.79 Å². The molecule has 0 fully saturated rings. The van der Waals surface area contributed by atoms with Gasteiger partial charge in [0.2, 0.25) is 0 Å². The molecule has 5 nitrogen and oxygen atoms in total. The van der Waals surface area contributed by atoms with E-state index < -0.39 is 0 Å². The molecule has 26 heavy (non-hydrogen) atoms. The van der Waals surface area contributed by atoms with Gasteiger partial charge in [0.15, 0.2) is 0 Å². The molecule has 2 aromatic carbocycles. The Morgan fingerprint density at radius 2 is 1.88 bits per heavy atom. The number of pyridine rings is 1. The fraction of sp³-hybridized carbons (Fsp3) is 0.0952. The second-order valence-electron chi connectivity index (χ2n) is 6.03. The number of rotatable bonds is 4. The monoisotopic (exact) mass is 342 g/mol. The minimum atomic E-state index is -0.174. The lowest BCUT2D eigenvalue weighted by Crippen LogP contribution is -2.29. The van der Waals surface area contributed by atoms with E-state index in [4.69, 9.17) is 0 Å². The average molecular weight is 342 g/mol. The van der Waals surface area contributed by atoms with E-state index >= 15 is 0 Å². The van der Waals surface area contributed by atoms with Crippen molar-refractivity contribution in [2.75, 3.05) is 6.54 Å². The Labute approximate surface area is 151 Å². The van der Waals surface area contributed by atoms with Gasteiger partial charge < -0.3 is 5.32 Å². The molecule has 0 radical (unpaired) electrons. The molecule has 5 heteroatoms. The second-order valence-corrected chi connectivity index (χ2v) is 6.03. The molecule has 0 saturated heterocycles. The third kappa shape index (κ3) is 3.32. The predicted octanol–water partition coefficient (Wildman–Crippen LogP) is 3.90. The van der Waals surface area contributed by atoms with Gasteiger partial charge in [-0.25, -0.2) is 9.78 Å². The summed E-state index contributed by atoms with van der Waals surface area (Å²) in [5, 5.41) is 2.96. The smallest absolute Gasteiger partial charge is 0.327 e. The Bertz CT molecular complexity index is 1030. The van der Waals surface area contributed by atoms with E-state index in [1.54, 1.807) is 17.1 Å². The first kappa shape index (κ1) is 16.0. The van der Waals surface area contributed by atoms with Gasteiger partial charge in [0.25, 0.3) is 0 Å². The molecule has 2 heterocycles. The van der Waals surface area contributed by atoms with Crippen molar-refractivity contribution in [3.8, 4) is 11.1 Å². The molecule has 0 aliphatic heterocycles. The summed E-state index contributed by atoms with van der Waals surface area (Å²) in [6.07, 6.45) is 5.91. The normalized spacial score (nSPS) is 10.8. The molecule has 1 N–H and O–H groups in total. The van der Waals surface area contributed by atoms with E-state index in [-0.39, 0.29) is 6.03 Å². The predicted molar refractivity (Wildman–Crippen MR) is 102 cm³/mol. The molecule has 0 spiro atoms. The maximum atomic E-state index is 12.6. The van der Waals surface area contributed by atoms with Gasteiger partial charge in [-0.2, -0.15) is 0 Å². The Kier molecular flexibility index (Phi) is 4.43. The van der Waals surface area contributed by atoms with E-state index in [0.29, 0.717) is 6.54 Å². The lowest BCUT2D eigenvalue weighted by atomic mass is 10.1. The molecular weight excluding hydrogens is 324 g/mol. The van der Waals surface area contributed by atoms with Crippen molar-refractivity contribution in [2.24, 2.45) is 0 Å². The topological polar surface area (TPSA) is 59.8 Å². The van der Waals surface area contributed by atoms with Crippen molar-refractivity contribution in [3.63, 3.8) is 0 Å². The second kappa shape index (κ2) is 7.19. The third-order valence-electron chi connectivity index (χ3n) is 4.29. The first-order valence-corrected chi connectivity index (χ1v) is 8.51.